The molecule has 1 amide bonds. The van der Waals surface area contributed by atoms with Gasteiger partial charge in [0.15, 0.2) is 11.6 Å². The number of carbonyl (C=O) groups is 1. The van der Waals surface area contributed by atoms with Gasteiger partial charge in [-0.05, 0) is 84.7 Å². The maximum absolute atomic E-state index is 14.3. The summed E-state index contributed by atoms with van der Waals surface area (Å²) in [6, 6.07) is 3.33. The summed E-state index contributed by atoms with van der Waals surface area (Å²) in [4.78, 5) is 23.9. The lowest BCUT2D eigenvalue weighted by atomic mass is 9.72. The molecule has 14 nitrogen and oxygen atoms in total. The van der Waals surface area contributed by atoms with Gasteiger partial charge in [0.1, 0.15) is 17.9 Å². The van der Waals surface area contributed by atoms with Crippen LogP contribution in [0.1, 0.15) is 70.2 Å². The van der Waals surface area contributed by atoms with Gasteiger partial charge < -0.3 is 24.4 Å². The molecule has 48 heavy (non-hydrogen) atoms. The van der Waals surface area contributed by atoms with Crippen molar-refractivity contribution < 1.29 is 32.2 Å². The van der Waals surface area contributed by atoms with Crippen molar-refractivity contribution in [1.82, 2.24) is 34.0 Å². The third kappa shape index (κ3) is 7.43. The first-order valence-corrected chi connectivity index (χ1v) is 18.3. The van der Waals surface area contributed by atoms with E-state index in [0.29, 0.717) is 38.3 Å². The van der Waals surface area contributed by atoms with Gasteiger partial charge in [0.2, 0.25) is 0 Å². The molecule has 2 atom stereocenters. The fourth-order valence-electron chi connectivity index (χ4n) is 7.21. The van der Waals surface area contributed by atoms with Gasteiger partial charge >= 0.3 is 0 Å². The zero-order valence-corrected chi connectivity index (χ0v) is 29.0. The minimum atomic E-state index is -3.50. The summed E-state index contributed by atoms with van der Waals surface area (Å²) in [6.07, 6.45) is 4.94. The Morgan fingerprint density at radius 3 is 2.46 bits per heavy atom. The summed E-state index contributed by atoms with van der Waals surface area (Å²) in [5, 5.41) is 19.3. The van der Waals surface area contributed by atoms with Gasteiger partial charge in [-0.3, -0.25) is 9.69 Å². The van der Waals surface area contributed by atoms with Crippen molar-refractivity contribution in [1.29, 1.82) is 0 Å². The standard InChI is InChI=1S/C32H47FN8O6S/c1-22(2)41(23(3)4)30(42)26-16-24(33)6-7-27(26)47-29-28(34-21-35-36-29)39-18-31(19-39)10-14-38(15-11-31)20-32(43)9-8-25(17-46-32)37-48(44,45)40-12-5-13-40/h6-7,16,21-23,25,37,43H,5,8-15,17-20H2,1-4H3/t25-,32-/m1/s1. The fourth-order valence-corrected chi connectivity index (χ4v) is 8.71. The quantitative estimate of drug-likeness (QED) is 0.357. The Morgan fingerprint density at radius 2 is 1.85 bits per heavy atom. The number of hydrogen-bond donors (Lipinski definition) is 2. The number of aromatic nitrogens is 3. The predicted octanol–water partition coefficient (Wildman–Crippen LogP) is 2.37. The second-order valence-electron chi connectivity index (χ2n) is 14.2. The van der Waals surface area contributed by atoms with Gasteiger partial charge in [-0.15, -0.1) is 10.2 Å². The van der Waals surface area contributed by atoms with Crippen LogP contribution < -0.4 is 14.4 Å². The number of benzene rings is 1. The van der Waals surface area contributed by atoms with Crippen molar-refractivity contribution in [3.05, 3.63) is 35.9 Å². The van der Waals surface area contributed by atoms with Gasteiger partial charge in [0.05, 0.1) is 18.7 Å². The molecular weight excluding hydrogens is 643 g/mol. The Hall–Kier alpha value is -3.02. The largest absolute Gasteiger partial charge is 0.434 e. The van der Waals surface area contributed by atoms with Crippen molar-refractivity contribution >= 4 is 21.9 Å². The summed E-state index contributed by atoms with van der Waals surface area (Å²) in [6.45, 7) is 12.3. The topological polar surface area (TPSA) is 154 Å². The molecule has 2 N–H and O–H groups in total. The Bertz CT molecular complexity index is 1560. The average molecular weight is 691 g/mol. The van der Waals surface area contributed by atoms with Crippen LogP contribution in [-0.2, 0) is 14.9 Å². The third-order valence-electron chi connectivity index (χ3n) is 9.94. The lowest BCUT2D eigenvalue weighted by molar-refractivity contribution is -0.239. The molecule has 5 heterocycles. The lowest BCUT2D eigenvalue weighted by Crippen LogP contribution is -2.62. The number of likely N-dealkylation sites (tertiary alicyclic amines) is 1. The van der Waals surface area contributed by atoms with E-state index in [1.807, 2.05) is 27.7 Å². The molecule has 4 fully saturated rings. The van der Waals surface area contributed by atoms with Crippen molar-refractivity contribution in [3.63, 3.8) is 0 Å². The summed E-state index contributed by atoms with van der Waals surface area (Å²) < 4.78 is 55.3. The molecule has 1 aromatic carbocycles. The second kappa shape index (κ2) is 13.7. The Kier molecular flexibility index (Phi) is 9.95. The molecular formula is C32H47FN8O6S. The summed E-state index contributed by atoms with van der Waals surface area (Å²) in [5.41, 5.74) is 0.176. The number of ether oxygens (including phenoxy) is 2. The van der Waals surface area contributed by atoms with Crippen LogP contribution in [0, 0.1) is 11.2 Å². The molecule has 264 valence electrons. The van der Waals surface area contributed by atoms with E-state index < -0.39 is 21.8 Å². The van der Waals surface area contributed by atoms with Crippen LogP contribution >= 0.6 is 0 Å². The summed E-state index contributed by atoms with van der Waals surface area (Å²) in [5.74, 6) is -1.35. The summed E-state index contributed by atoms with van der Waals surface area (Å²) in [7, 11) is -3.50. The van der Waals surface area contributed by atoms with E-state index in [-0.39, 0.29) is 53.2 Å². The molecule has 4 aliphatic heterocycles. The van der Waals surface area contributed by atoms with Crippen LogP contribution in [-0.4, -0.2) is 125 Å². The van der Waals surface area contributed by atoms with Gasteiger partial charge in [0, 0.05) is 56.1 Å². The van der Waals surface area contributed by atoms with Crippen LogP contribution in [0.4, 0.5) is 10.2 Å². The van der Waals surface area contributed by atoms with E-state index in [9.17, 15) is 22.7 Å². The number of piperidine rings is 1. The number of rotatable bonds is 11. The molecule has 0 unspecified atom stereocenters. The van der Waals surface area contributed by atoms with Gasteiger partial charge in [-0.2, -0.15) is 17.4 Å². The molecule has 2 aromatic rings. The van der Waals surface area contributed by atoms with E-state index in [1.165, 1.54) is 28.8 Å². The van der Waals surface area contributed by atoms with Gasteiger partial charge in [-0.1, -0.05) is 0 Å². The molecule has 0 saturated carbocycles. The maximum atomic E-state index is 14.3. The molecule has 0 aliphatic carbocycles. The molecule has 6 rings (SSSR count). The average Bonchev–Trinajstić information content (AvgIpc) is 2.97. The van der Waals surface area contributed by atoms with E-state index >= 15 is 0 Å². The Balaban J connectivity index is 1.03. The minimum Gasteiger partial charge on any atom is -0.434 e. The number of carbonyl (C=O) groups excluding carboxylic acids is 1. The van der Waals surface area contributed by atoms with Gasteiger partial charge in [0.25, 0.3) is 22.0 Å². The molecule has 4 aliphatic rings. The highest BCUT2D eigenvalue weighted by Crippen LogP contribution is 2.45. The number of nitrogens with one attached hydrogen (secondary N) is 1. The van der Waals surface area contributed by atoms with E-state index in [2.05, 4.69) is 29.7 Å². The molecule has 4 saturated heterocycles. The number of β-amino-alcohol motifs (C(OH)–C–C–N with tert-alkyl or cyclic N) is 1. The molecule has 1 aromatic heterocycles. The SMILES string of the molecule is CC(C)N(C(=O)c1cc(F)ccc1Oc1nncnc1N1CC2(CCN(C[C@@]3(O)CC[C@@H](NS(=O)(=O)N4CCC4)CO3)CC2)C1)C(C)C. The van der Waals surface area contributed by atoms with Crippen molar-refractivity contribution in [2.75, 3.05) is 57.3 Å². The highest BCUT2D eigenvalue weighted by molar-refractivity contribution is 7.87. The molecule has 1 spiro atoms. The van der Waals surface area contributed by atoms with Crippen LogP contribution in [0.15, 0.2) is 24.5 Å². The normalized spacial score (nSPS) is 24.8. The molecule has 16 heteroatoms. The highest BCUT2D eigenvalue weighted by Gasteiger charge is 2.48. The highest BCUT2D eigenvalue weighted by atomic mass is 32.2. The fraction of sp³-hybridized carbons (Fsp3) is 0.688. The van der Waals surface area contributed by atoms with E-state index in [4.69, 9.17) is 9.47 Å². The Labute approximate surface area is 281 Å². The van der Waals surface area contributed by atoms with Crippen LogP contribution in [0.3, 0.4) is 0 Å². The first-order chi connectivity index (χ1) is 22.8. The van der Waals surface area contributed by atoms with Crippen molar-refractivity contribution in [3.8, 4) is 11.6 Å². The molecule has 0 bridgehead atoms. The molecule has 0 radical (unpaired) electrons. The zero-order chi connectivity index (χ0) is 34.3. The number of nitrogens with zero attached hydrogens (tertiary/aromatic N) is 7. The summed E-state index contributed by atoms with van der Waals surface area (Å²) >= 11 is 0. The number of anilines is 1. The first-order valence-electron chi connectivity index (χ1n) is 16.9. The van der Waals surface area contributed by atoms with Gasteiger partial charge in [-0.25, -0.2) is 9.37 Å². The monoisotopic (exact) mass is 690 g/mol. The Morgan fingerprint density at radius 1 is 1.15 bits per heavy atom. The smallest absolute Gasteiger partial charge is 0.282 e. The maximum Gasteiger partial charge on any atom is 0.282 e. The number of hydrogen-bond acceptors (Lipinski definition) is 11. The third-order valence-corrected chi connectivity index (χ3v) is 11.6. The number of aliphatic hydroxyl groups is 1. The first kappa shape index (κ1) is 34.8. The lowest BCUT2D eigenvalue weighted by Gasteiger charge is -2.55. The number of amides is 1. The number of halogens is 1. The van der Waals surface area contributed by atoms with Crippen molar-refractivity contribution in [2.24, 2.45) is 5.41 Å². The van der Waals surface area contributed by atoms with E-state index in [0.717, 1.165) is 45.4 Å². The second-order valence-corrected chi connectivity index (χ2v) is 15.9. The van der Waals surface area contributed by atoms with E-state index in [1.54, 1.807) is 4.90 Å². The van der Waals surface area contributed by atoms with Crippen LogP contribution in [0.2, 0.25) is 0 Å². The van der Waals surface area contributed by atoms with Crippen molar-refractivity contribution in [2.45, 2.75) is 83.7 Å². The van der Waals surface area contributed by atoms with Crippen LogP contribution in [0.25, 0.3) is 0 Å². The minimum absolute atomic E-state index is 0.0705. The zero-order valence-electron chi connectivity index (χ0n) is 28.1. The van der Waals surface area contributed by atoms with Crippen LogP contribution in [0.5, 0.6) is 11.6 Å². The predicted molar refractivity (Wildman–Crippen MR) is 175 cm³/mol.